The molecule has 2 fully saturated rings. The Labute approximate surface area is 161 Å². The van der Waals surface area contributed by atoms with E-state index in [1.807, 2.05) is 12.1 Å². The highest BCUT2D eigenvalue weighted by Gasteiger charge is 2.31. The summed E-state index contributed by atoms with van der Waals surface area (Å²) in [6.45, 7) is 2.30. The first-order valence-electron chi connectivity index (χ1n) is 9.29. The topological polar surface area (TPSA) is 129 Å². The molecule has 0 unspecified atom stereocenters. The van der Waals surface area contributed by atoms with E-state index in [4.69, 9.17) is 14.7 Å². The maximum atomic E-state index is 12.2. The van der Waals surface area contributed by atoms with Gasteiger partial charge in [0.15, 0.2) is 11.5 Å². The Bertz CT molecular complexity index is 855. The molecular weight excluding hydrogens is 362 g/mol. The standard InChI is InChI=1S/C18H21N7O3/c19-9-13-10-21-17(11-20-13)22-16-8-15(23-24-16)12-1-2-14(7-12)28-18(26)25-3-5-27-6-4-25/h8,10-12,14H,1-7H2,(H2,21,22,23,24)/t12-,14+/m0/s1. The zero-order valence-corrected chi connectivity index (χ0v) is 15.3. The molecule has 10 heteroatoms. The van der Waals surface area contributed by atoms with E-state index in [2.05, 4.69) is 25.5 Å². The molecule has 1 saturated heterocycles. The quantitative estimate of drug-likeness (QED) is 0.819. The fraction of sp³-hybridized carbons (Fsp3) is 0.500. The summed E-state index contributed by atoms with van der Waals surface area (Å²) in [6, 6.07) is 3.86. The number of carbonyl (C=O) groups excluding carboxylic acids is 1. The normalized spacial score (nSPS) is 21.9. The molecule has 2 atom stereocenters. The number of morpholine rings is 1. The number of nitrogens with one attached hydrogen (secondary N) is 2. The van der Waals surface area contributed by atoms with Crippen LogP contribution >= 0.6 is 0 Å². The fourth-order valence-corrected chi connectivity index (χ4v) is 3.48. The van der Waals surface area contributed by atoms with Gasteiger partial charge in [-0.1, -0.05) is 0 Å². The van der Waals surface area contributed by atoms with E-state index in [1.54, 1.807) is 4.90 Å². The number of H-pyrrole nitrogens is 1. The Kier molecular flexibility index (Phi) is 5.34. The first-order chi connectivity index (χ1) is 13.7. The maximum Gasteiger partial charge on any atom is 0.410 e. The zero-order valence-electron chi connectivity index (χ0n) is 15.3. The molecule has 146 valence electrons. The molecule has 2 aliphatic rings. The number of aromatic nitrogens is 4. The highest BCUT2D eigenvalue weighted by molar-refractivity contribution is 5.68. The lowest BCUT2D eigenvalue weighted by molar-refractivity contribution is 0.0135. The van der Waals surface area contributed by atoms with Crippen LogP contribution in [0.2, 0.25) is 0 Å². The molecule has 0 spiro atoms. The fourth-order valence-electron chi connectivity index (χ4n) is 3.48. The van der Waals surface area contributed by atoms with Crippen molar-refractivity contribution in [3.05, 3.63) is 29.8 Å². The van der Waals surface area contributed by atoms with Crippen molar-refractivity contribution in [1.29, 1.82) is 5.26 Å². The van der Waals surface area contributed by atoms with Crippen molar-refractivity contribution in [2.24, 2.45) is 0 Å². The van der Waals surface area contributed by atoms with Crippen molar-refractivity contribution in [2.45, 2.75) is 31.3 Å². The monoisotopic (exact) mass is 383 g/mol. The van der Waals surface area contributed by atoms with Crippen molar-refractivity contribution in [3.8, 4) is 6.07 Å². The average Bonchev–Trinajstić information content (AvgIpc) is 3.39. The number of nitrogens with zero attached hydrogens (tertiary/aromatic N) is 5. The van der Waals surface area contributed by atoms with Gasteiger partial charge in [0.25, 0.3) is 0 Å². The van der Waals surface area contributed by atoms with E-state index >= 15 is 0 Å². The first kappa shape index (κ1) is 18.2. The summed E-state index contributed by atoms with van der Waals surface area (Å²) in [4.78, 5) is 22.0. The van der Waals surface area contributed by atoms with E-state index in [1.165, 1.54) is 12.4 Å². The van der Waals surface area contributed by atoms with Gasteiger partial charge >= 0.3 is 6.09 Å². The van der Waals surface area contributed by atoms with Crippen LogP contribution < -0.4 is 5.32 Å². The summed E-state index contributed by atoms with van der Waals surface area (Å²) in [5, 5.41) is 19.1. The van der Waals surface area contributed by atoms with E-state index in [9.17, 15) is 4.79 Å². The van der Waals surface area contributed by atoms with Gasteiger partial charge in [-0.25, -0.2) is 14.8 Å². The Hall–Kier alpha value is -3.19. The lowest BCUT2D eigenvalue weighted by Gasteiger charge is -2.27. The lowest BCUT2D eigenvalue weighted by atomic mass is 10.0. The molecular formula is C18H21N7O3. The van der Waals surface area contributed by atoms with Crippen LogP contribution in [0.4, 0.5) is 16.4 Å². The van der Waals surface area contributed by atoms with Crippen molar-refractivity contribution >= 4 is 17.7 Å². The molecule has 4 rings (SSSR count). The number of hydrogen-bond donors (Lipinski definition) is 2. The number of anilines is 2. The molecule has 3 heterocycles. The lowest BCUT2D eigenvalue weighted by Crippen LogP contribution is -2.42. The summed E-state index contributed by atoms with van der Waals surface area (Å²) in [6.07, 6.45) is 5.10. The van der Waals surface area contributed by atoms with Crippen LogP contribution in [0.15, 0.2) is 18.5 Å². The van der Waals surface area contributed by atoms with Gasteiger partial charge in [-0.3, -0.25) is 5.10 Å². The molecule has 0 radical (unpaired) electrons. The smallest absolute Gasteiger partial charge is 0.410 e. The van der Waals surface area contributed by atoms with Crippen LogP contribution in [-0.4, -0.2) is 63.6 Å². The van der Waals surface area contributed by atoms with Gasteiger partial charge in [0.05, 0.1) is 25.6 Å². The maximum absolute atomic E-state index is 12.2. The molecule has 1 aliphatic heterocycles. The molecule has 2 aromatic rings. The number of nitriles is 1. The molecule has 10 nitrogen and oxygen atoms in total. The van der Waals surface area contributed by atoms with Crippen LogP contribution in [0.25, 0.3) is 0 Å². The van der Waals surface area contributed by atoms with Crippen LogP contribution in [0.3, 0.4) is 0 Å². The van der Waals surface area contributed by atoms with Crippen LogP contribution in [0.1, 0.15) is 36.6 Å². The van der Waals surface area contributed by atoms with Gasteiger partial charge in [-0.15, -0.1) is 0 Å². The van der Waals surface area contributed by atoms with Crippen LogP contribution in [0, 0.1) is 11.3 Å². The number of carbonyl (C=O) groups is 1. The average molecular weight is 383 g/mol. The van der Waals surface area contributed by atoms with Crippen molar-refractivity contribution in [1.82, 2.24) is 25.1 Å². The number of amides is 1. The van der Waals surface area contributed by atoms with Gasteiger partial charge in [-0.05, 0) is 19.3 Å². The van der Waals surface area contributed by atoms with Crippen LogP contribution in [0.5, 0.6) is 0 Å². The van der Waals surface area contributed by atoms with Gasteiger partial charge < -0.3 is 19.7 Å². The molecule has 0 aromatic carbocycles. The van der Waals surface area contributed by atoms with Crippen molar-refractivity contribution < 1.29 is 14.3 Å². The predicted octanol–water partition coefficient (Wildman–Crippen LogP) is 1.92. The Morgan fingerprint density at radius 3 is 2.89 bits per heavy atom. The zero-order chi connectivity index (χ0) is 19.3. The molecule has 0 bridgehead atoms. The largest absolute Gasteiger partial charge is 0.446 e. The minimum Gasteiger partial charge on any atom is -0.446 e. The third-order valence-electron chi connectivity index (χ3n) is 4.98. The summed E-state index contributed by atoms with van der Waals surface area (Å²) >= 11 is 0. The Morgan fingerprint density at radius 2 is 2.14 bits per heavy atom. The minimum absolute atomic E-state index is 0.0792. The molecule has 2 aromatic heterocycles. The molecule has 1 aliphatic carbocycles. The van der Waals surface area contributed by atoms with E-state index in [-0.39, 0.29) is 23.8 Å². The van der Waals surface area contributed by atoms with Crippen LogP contribution in [-0.2, 0) is 9.47 Å². The highest BCUT2D eigenvalue weighted by Crippen LogP contribution is 2.36. The van der Waals surface area contributed by atoms with E-state index in [0.717, 1.165) is 25.0 Å². The Balaban J connectivity index is 1.30. The van der Waals surface area contributed by atoms with Gasteiger partial charge in [0, 0.05) is 30.8 Å². The first-order valence-corrected chi connectivity index (χ1v) is 9.29. The highest BCUT2D eigenvalue weighted by atomic mass is 16.6. The van der Waals surface area contributed by atoms with Gasteiger partial charge in [0.2, 0.25) is 0 Å². The Morgan fingerprint density at radius 1 is 1.29 bits per heavy atom. The number of aromatic amines is 1. The molecule has 1 saturated carbocycles. The second-order valence-corrected chi connectivity index (χ2v) is 6.85. The molecule has 1 amide bonds. The molecule has 2 N–H and O–H groups in total. The van der Waals surface area contributed by atoms with Gasteiger partial charge in [-0.2, -0.15) is 10.4 Å². The summed E-state index contributed by atoms with van der Waals surface area (Å²) < 4.78 is 10.9. The molecule has 28 heavy (non-hydrogen) atoms. The van der Waals surface area contributed by atoms with E-state index < -0.39 is 0 Å². The SMILES string of the molecule is N#Cc1cnc(Nc2cc([C@H]3CC[C@@H](OC(=O)N4CCOCC4)C3)[nH]n2)cn1. The predicted molar refractivity (Wildman–Crippen MR) is 97.9 cm³/mol. The second-order valence-electron chi connectivity index (χ2n) is 6.85. The van der Waals surface area contributed by atoms with Crippen molar-refractivity contribution in [2.75, 3.05) is 31.6 Å². The third-order valence-corrected chi connectivity index (χ3v) is 4.98. The number of rotatable bonds is 4. The summed E-state index contributed by atoms with van der Waals surface area (Å²) in [5.74, 6) is 1.40. The number of ether oxygens (including phenoxy) is 2. The second kappa shape index (κ2) is 8.22. The number of hydrogen-bond acceptors (Lipinski definition) is 8. The van der Waals surface area contributed by atoms with Crippen molar-refractivity contribution in [3.63, 3.8) is 0 Å². The summed E-state index contributed by atoms with van der Waals surface area (Å²) in [5.41, 5.74) is 1.26. The minimum atomic E-state index is -0.250. The summed E-state index contributed by atoms with van der Waals surface area (Å²) in [7, 11) is 0. The third kappa shape index (κ3) is 4.20. The van der Waals surface area contributed by atoms with Gasteiger partial charge in [0.1, 0.15) is 18.0 Å². The van der Waals surface area contributed by atoms with E-state index in [0.29, 0.717) is 37.9 Å².